The third-order valence-corrected chi connectivity index (χ3v) is 5.09. The number of carbonyl (C=O) groups is 1. The van der Waals surface area contributed by atoms with E-state index in [-0.39, 0.29) is 24.1 Å². The summed E-state index contributed by atoms with van der Waals surface area (Å²) in [7, 11) is 0. The van der Waals surface area contributed by atoms with Gasteiger partial charge in [-0.05, 0) is 48.9 Å². The molecule has 4 rings (SSSR count). The van der Waals surface area contributed by atoms with Gasteiger partial charge in [-0.15, -0.1) is 0 Å². The van der Waals surface area contributed by atoms with Gasteiger partial charge in [0.15, 0.2) is 5.82 Å². The Hall–Kier alpha value is -3.36. The number of aromatic nitrogens is 2. The third-order valence-electron chi connectivity index (χ3n) is 5.09. The average Bonchev–Trinajstić information content (AvgIpc) is 3.37. The zero-order chi connectivity index (χ0) is 22.0. The maximum Gasteiger partial charge on any atom is 0.416 e. The molecular weight excluding hydrogens is 411 g/mol. The number of hydrogen-bond donors (Lipinski definition) is 0. The molecule has 162 valence electrons. The van der Waals surface area contributed by atoms with Crippen molar-refractivity contribution in [3.63, 3.8) is 0 Å². The van der Waals surface area contributed by atoms with Gasteiger partial charge in [-0.3, -0.25) is 4.79 Å². The summed E-state index contributed by atoms with van der Waals surface area (Å²) in [5.74, 6) is 1.03. The van der Waals surface area contributed by atoms with Crippen LogP contribution in [0.2, 0.25) is 0 Å². The van der Waals surface area contributed by atoms with Crippen molar-refractivity contribution in [1.29, 1.82) is 0 Å². The number of nitrogens with zero attached hydrogens (tertiary/aromatic N) is 3. The molecule has 0 radical (unpaired) electrons. The number of halogens is 3. The predicted molar refractivity (Wildman–Crippen MR) is 105 cm³/mol. The summed E-state index contributed by atoms with van der Waals surface area (Å²) in [6.07, 6.45) is -4.15. The van der Waals surface area contributed by atoms with Crippen molar-refractivity contribution >= 4 is 5.91 Å². The summed E-state index contributed by atoms with van der Waals surface area (Å²) in [5.41, 5.74) is 0.626. The Balaban J connectivity index is 1.42. The molecule has 1 aliphatic rings. The van der Waals surface area contributed by atoms with Crippen molar-refractivity contribution in [3.05, 3.63) is 65.5 Å². The van der Waals surface area contributed by atoms with Crippen LogP contribution in [-0.4, -0.2) is 34.1 Å². The van der Waals surface area contributed by atoms with Crippen molar-refractivity contribution in [1.82, 2.24) is 15.0 Å². The summed E-state index contributed by atoms with van der Waals surface area (Å²) in [5, 5.41) is 3.95. The highest BCUT2D eigenvalue weighted by Gasteiger charge is 2.34. The molecule has 6 nitrogen and oxygen atoms in total. The number of alkyl halides is 3. The molecule has 1 fully saturated rings. The van der Waals surface area contributed by atoms with Crippen molar-refractivity contribution in [2.24, 2.45) is 0 Å². The zero-order valence-corrected chi connectivity index (χ0v) is 16.7. The van der Waals surface area contributed by atoms with E-state index >= 15 is 0 Å². The molecule has 2 heterocycles. The minimum Gasteiger partial charge on any atom is -0.494 e. The van der Waals surface area contributed by atoms with Crippen molar-refractivity contribution in [2.45, 2.75) is 32.0 Å². The average molecular weight is 431 g/mol. The predicted octanol–water partition coefficient (Wildman–Crippen LogP) is 4.67. The van der Waals surface area contributed by atoms with Gasteiger partial charge in [-0.1, -0.05) is 17.3 Å². The number of likely N-dealkylation sites (tertiary alicyclic amines) is 1. The first kappa shape index (κ1) is 20.9. The Bertz CT molecular complexity index is 1050. The number of benzene rings is 2. The lowest BCUT2D eigenvalue weighted by molar-refractivity contribution is -0.137. The van der Waals surface area contributed by atoms with Crippen LogP contribution in [0.25, 0.3) is 11.5 Å². The van der Waals surface area contributed by atoms with E-state index in [1.165, 1.54) is 12.1 Å². The van der Waals surface area contributed by atoms with Crippen LogP contribution in [0.1, 0.15) is 36.2 Å². The highest BCUT2D eigenvalue weighted by molar-refractivity contribution is 5.79. The lowest BCUT2D eigenvalue weighted by atomic mass is 10.1. The molecule has 0 bridgehead atoms. The Kier molecular flexibility index (Phi) is 5.67. The van der Waals surface area contributed by atoms with Crippen LogP contribution in [0.4, 0.5) is 13.2 Å². The van der Waals surface area contributed by atoms with Crippen LogP contribution < -0.4 is 4.74 Å². The summed E-state index contributed by atoms with van der Waals surface area (Å²) >= 11 is 0. The fraction of sp³-hybridized carbons (Fsp3) is 0.318. The molecule has 1 unspecified atom stereocenters. The number of carbonyl (C=O) groups excluding carboxylic acids is 1. The molecular formula is C22H20F3N3O3. The summed E-state index contributed by atoms with van der Waals surface area (Å²) in [6.45, 7) is 3.41. The second-order valence-electron chi connectivity index (χ2n) is 7.29. The highest BCUT2D eigenvalue weighted by atomic mass is 19.4. The molecule has 0 saturated carbocycles. The number of rotatable bonds is 6. The SMILES string of the molecule is CCOc1ccc(CN2CC(c3noc(-c4ccc(C(F)(F)F)cc4)n3)CC2=O)cc1. The van der Waals surface area contributed by atoms with E-state index < -0.39 is 11.7 Å². The number of amides is 1. The minimum atomic E-state index is -4.41. The van der Waals surface area contributed by atoms with Gasteiger partial charge in [0.2, 0.25) is 5.91 Å². The van der Waals surface area contributed by atoms with E-state index in [1.807, 2.05) is 31.2 Å². The normalized spacial score (nSPS) is 16.7. The first-order valence-electron chi connectivity index (χ1n) is 9.84. The largest absolute Gasteiger partial charge is 0.494 e. The van der Waals surface area contributed by atoms with E-state index in [0.29, 0.717) is 31.1 Å². The van der Waals surface area contributed by atoms with Crippen LogP contribution in [0, 0.1) is 0 Å². The monoisotopic (exact) mass is 431 g/mol. The highest BCUT2D eigenvalue weighted by Crippen LogP contribution is 2.32. The molecule has 1 atom stereocenters. The Morgan fingerprint density at radius 1 is 1.13 bits per heavy atom. The van der Waals surface area contributed by atoms with Gasteiger partial charge in [0.05, 0.1) is 12.2 Å². The van der Waals surface area contributed by atoms with Crippen molar-refractivity contribution < 1.29 is 27.2 Å². The van der Waals surface area contributed by atoms with Gasteiger partial charge in [0.1, 0.15) is 5.75 Å². The van der Waals surface area contributed by atoms with E-state index in [1.54, 1.807) is 4.90 Å². The summed E-state index contributed by atoms with van der Waals surface area (Å²) < 4.78 is 48.8. The molecule has 9 heteroatoms. The molecule has 0 N–H and O–H groups in total. The van der Waals surface area contributed by atoms with Gasteiger partial charge in [0, 0.05) is 31.0 Å². The Morgan fingerprint density at radius 3 is 2.48 bits per heavy atom. The standard InChI is InChI=1S/C22H20F3N3O3/c1-2-30-18-9-3-14(4-10-18)12-28-13-16(11-19(28)29)20-26-21(31-27-20)15-5-7-17(8-6-15)22(23,24)25/h3-10,16H,2,11-13H2,1H3. The van der Waals surface area contributed by atoms with E-state index in [0.717, 1.165) is 23.4 Å². The number of hydrogen-bond acceptors (Lipinski definition) is 5. The second-order valence-corrected chi connectivity index (χ2v) is 7.29. The molecule has 1 amide bonds. The fourth-order valence-corrected chi connectivity index (χ4v) is 3.50. The van der Waals surface area contributed by atoms with E-state index in [2.05, 4.69) is 10.1 Å². The smallest absolute Gasteiger partial charge is 0.416 e. The van der Waals surface area contributed by atoms with Crippen molar-refractivity contribution in [2.75, 3.05) is 13.2 Å². The minimum absolute atomic E-state index is 0.0141. The quantitative estimate of drug-likeness (QED) is 0.567. The first-order chi connectivity index (χ1) is 14.8. The van der Waals surface area contributed by atoms with E-state index in [9.17, 15) is 18.0 Å². The van der Waals surface area contributed by atoms with Crippen LogP contribution in [0.15, 0.2) is 53.1 Å². The maximum atomic E-state index is 12.7. The second kappa shape index (κ2) is 8.41. The van der Waals surface area contributed by atoms with Gasteiger partial charge in [-0.25, -0.2) is 0 Å². The van der Waals surface area contributed by atoms with Crippen LogP contribution >= 0.6 is 0 Å². The first-order valence-corrected chi connectivity index (χ1v) is 9.84. The topological polar surface area (TPSA) is 68.5 Å². The van der Waals surface area contributed by atoms with Crippen LogP contribution in [-0.2, 0) is 17.5 Å². The van der Waals surface area contributed by atoms with Crippen LogP contribution in [0.3, 0.4) is 0 Å². The molecule has 1 saturated heterocycles. The summed E-state index contributed by atoms with van der Waals surface area (Å²) in [6, 6.07) is 12.1. The van der Waals surface area contributed by atoms with Crippen LogP contribution in [0.5, 0.6) is 5.75 Å². The zero-order valence-electron chi connectivity index (χ0n) is 16.7. The Morgan fingerprint density at radius 2 is 1.84 bits per heavy atom. The lowest BCUT2D eigenvalue weighted by Gasteiger charge is -2.16. The number of ether oxygens (including phenoxy) is 1. The third kappa shape index (κ3) is 4.70. The maximum absolute atomic E-state index is 12.7. The lowest BCUT2D eigenvalue weighted by Crippen LogP contribution is -2.24. The van der Waals surface area contributed by atoms with Gasteiger partial charge >= 0.3 is 6.18 Å². The molecule has 2 aromatic carbocycles. The summed E-state index contributed by atoms with van der Waals surface area (Å²) in [4.78, 5) is 18.5. The molecule has 31 heavy (non-hydrogen) atoms. The Labute approximate surface area is 176 Å². The van der Waals surface area contributed by atoms with Crippen molar-refractivity contribution in [3.8, 4) is 17.2 Å². The van der Waals surface area contributed by atoms with Gasteiger partial charge in [-0.2, -0.15) is 18.2 Å². The molecule has 1 aliphatic heterocycles. The van der Waals surface area contributed by atoms with E-state index in [4.69, 9.17) is 9.26 Å². The molecule has 3 aromatic rings. The fourth-order valence-electron chi connectivity index (χ4n) is 3.50. The molecule has 0 spiro atoms. The van der Waals surface area contributed by atoms with Gasteiger partial charge < -0.3 is 14.2 Å². The molecule has 1 aromatic heterocycles. The molecule has 0 aliphatic carbocycles. The van der Waals surface area contributed by atoms with Gasteiger partial charge in [0.25, 0.3) is 5.89 Å².